The molecule has 1 unspecified atom stereocenters. The van der Waals surface area contributed by atoms with Crippen LogP contribution in [-0.4, -0.2) is 37.4 Å². The van der Waals surface area contributed by atoms with Crippen molar-refractivity contribution in [3.05, 3.63) is 77.6 Å². The maximum Gasteiger partial charge on any atom is 0.139 e. The fourth-order valence-corrected chi connectivity index (χ4v) is 3.70. The highest BCUT2D eigenvalue weighted by Gasteiger charge is 2.32. The van der Waals surface area contributed by atoms with Gasteiger partial charge in [-0.1, -0.05) is 54.0 Å². The van der Waals surface area contributed by atoms with Gasteiger partial charge in [-0.05, 0) is 37.1 Å². The summed E-state index contributed by atoms with van der Waals surface area (Å²) >= 11 is 0. The van der Waals surface area contributed by atoms with Crippen LogP contribution in [0.15, 0.2) is 77.0 Å². The van der Waals surface area contributed by atoms with Crippen molar-refractivity contribution < 1.29 is 5.11 Å². The summed E-state index contributed by atoms with van der Waals surface area (Å²) < 4.78 is 0. The summed E-state index contributed by atoms with van der Waals surface area (Å²) in [6, 6.07) is 8.40. The average molecular weight is 330 g/mol. The number of nitrogens with one attached hydrogen (secondary N) is 1. The highest BCUT2D eigenvalue weighted by Crippen LogP contribution is 2.35. The SMILES string of the molecule is Bc1ccc(C2=NC3=CC=CCC3C([C@@H](O)[C@H]3C=CCCN3)=C2)cc1. The summed E-state index contributed by atoms with van der Waals surface area (Å²) in [5.41, 5.74) is 5.38. The van der Waals surface area contributed by atoms with E-state index in [4.69, 9.17) is 4.99 Å². The van der Waals surface area contributed by atoms with Gasteiger partial charge < -0.3 is 10.4 Å². The molecule has 0 spiro atoms. The van der Waals surface area contributed by atoms with Crippen LogP contribution in [0, 0.1) is 5.92 Å². The molecule has 2 aliphatic heterocycles. The van der Waals surface area contributed by atoms with Crippen LogP contribution in [0.2, 0.25) is 0 Å². The third kappa shape index (κ3) is 3.32. The number of allylic oxidation sites excluding steroid dienone is 5. The second-order valence-electron chi connectivity index (χ2n) is 6.96. The molecule has 3 nitrogen and oxygen atoms in total. The number of benzene rings is 1. The Kier molecular flexibility index (Phi) is 4.56. The highest BCUT2D eigenvalue weighted by atomic mass is 16.3. The summed E-state index contributed by atoms with van der Waals surface area (Å²) in [7, 11) is 2.09. The maximum atomic E-state index is 11.1. The van der Waals surface area contributed by atoms with Crippen molar-refractivity contribution >= 4 is 19.0 Å². The van der Waals surface area contributed by atoms with Crippen LogP contribution in [0.5, 0.6) is 0 Å². The van der Waals surface area contributed by atoms with Crippen molar-refractivity contribution in [2.75, 3.05) is 6.54 Å². The van der Waals surface area contributed by atoms with Gasteiger partial charge in [0.25, 0.3) is 0 Å². The number of rotatable bonds is 3. The predicted molar refractivity (Wildman–Crippen MR) is 106 cm³/mol. The molecule has 2 heterocycles. The first kappa shape index (κ1) is 16.3. The predicted octanol–water partition coefficient (Wildman–Crippen LogP) is 1.41. The van der Waals surface area contributed by atoms with Crippen molar-refractivity contribution in [3.63, 3.8) is 0 Å². The van der Waals surface area contributed by atoms with Crippen molar-refractivity contribution in [2.45, 2.75) is 25.0 Å². The smallest absolute Gasteiger partial charge is 0.139 e. The van der Waals surface area contributed by atoms with Gasteiger partial charge in [-0.2, -0.15) is 0 Å². The molecule has 0 aromatic heterocycles. The number of aliphatic imine (C=N–C) groups is 1. The molecule has 4 heteroatoms. The molecule has 126 valence electrons. The molecule has 25 heavy (non-hydrogen) atoms. The summed E-state index contributed by atoms with van der Waals surface area (Å²) in [5, 5.41) is 14.5. The molecule has 4 rings (SSSR count). The lowest BCUT2D eigenvalue weighted by Crippen LogP contribution is -2.43. The van der Waals surface area contributed by atoms with Crippen LogP contribution in [-0.2, 0) is 0 Å². The van der Waals surface area contributed by atoms with Gasteiger partial charge in [0.05, 0.1) is 17.9 Å². The van der Waals surface area contributed by atoms with E-state index in [2.05, 4.69) is 73.9 Å². The molecule has 3 aliphatic rings. The lowest BCUT2D eigenvalue weighted by Gasteiger charge is -2.33. The molecule has 0 amide bonds. The summed E-state index contributed by atoms with van der Waals surface area (Å²) in [5.74, 6) is 0.173. The number of hydrogen-bond acceptors (Lipinski definition) is 3. The Morgan fingerprint density at radius 3 is 2.80 bits per heavy atom. The molecular formula is C21H23BN2O. The highest BCUT2D eigenvalue weighted by molar-refractivity contribution is 6.32. The number of nitrogens with zero attached hydrogens (tertiary/aromatic N) is 1. The monoisotopic (exact) mass is 330 g/mol. The topological polar surface area (TPSA) is 44.6 Å². The van der Waals surface area contributed by atoms with Gasteiger partial charge in [-0.3, -0.25) is 4.99 Å². The molecule has 0 fully saturated rings. The van der Waals surface area contributed by atoms with E-state index in [1.807, 2.05) is 0 Å². The lowest BCUT2D eigenvalue weighted by molar-refractivity contribution is 0.168. The van der Waals surface area contributed by atoms with Gasteiger partial charge in [0.15, 0.2) is 0 Å². The van der Waals surface area contributed by atoms with E-state index in [1.165, 1.54) is 5.46 Å². The van der Waals surface area contributed by atoms with Crippen LogP contribution in [0.4, 0.5) is 0 Å². The van der Waals surface area contributed by atoms with Gasteiger partial charge in [0.1, 0.15) is 7.85 Å². The molecule has 0 bridgehead atoms. The number of hydrogen-bond donors (Lipinski definition) is 2. The second kappa shape index (κ2) is 6.99. The third-order valence-corrected chi connectivity index (χ3v) is 5.15. The van der Waals surface area contributed by atoms with Gasteiger partial charge in [-0.15, -0.1) is 0 Å². The van der Waals surface area contributed by atoms with Crippen LogP contribution >= 0.6 is 0 Å². The minimum Gasteiger partial charge on any atom is -0.387 e. The minimum atomic E-state index is -0.535. The van der Waals surface area contributed by atoms with Crippen molar-refractivity contribution in [3.8, 4) is 0 Å². The quantitative estimate of drug-likeness (QED) is 0.650. The fraction of sp³-hybridized carbons (Fsp3) is 0.286. The Bertz CT molecular complexity index is 802. The Hall–Kier alpha value is -2.17. The zero-order valence-corrected chi connectivity index (χ0v) is 14.5. The van der Waals surface area contributed by atoms with Crippen molar-refractivity contribution in [1.29, 1.82) is 0 Å². The first-order chi connectivity index (χ1) is 12.2. The van der Waals surface area contributed by atoms with Gasteiger partial charge >= 0.3 is 0 Å². The Morgan fingerprint density at radius 2 is 2.04 bits per heavy atom. The van der Waals surface area contributed by atoms with Crippen LogP contribution in [0.25, 0.3) is 0 Å². The zero-order valence-electron chi connectivity index (χ0n) is 14.5. The molecule has 0 radical (unpaired) electrons. The number of fused-ring (bicyclic) bond motifs is 1. The molecule has 0 saturated heterocycles. The first-order valence-electron chi connectivity index (χ1n) is 9.04. The van der Waals surface area contributed by atoms with E-state index in [0.717, 1.165) is 41.9 Å². The first-order valence-corrected chi connectivity index (χ1v) is 9.04. The number of aliphatic hydroxyl groups is 1. The third-order valence-electron chi connectivity index (χ3n) is 5.15. The van der Waals surface area contributed by atoms with Gasteiger partial charge in [-0.25, -0.2) is 0 Å². The Labute approximate surface area is 150 Å². The Balaban J connectivity index is 1.72. The minimum absolute atomic E-state index is 0.0236. The van der Waals surface area contributed by atoms with Crippen molar-refractivity contribution in [2.24, 2.45) is 10.9 Å². The fourth-order valence-electron chi connectivity index (χ4n) is 3.70. The number of dihydropyridines is 1. The molecule has 1 aliphatic carbocycles. The van der Waals surface area contributed by atoms with E-state index in [1.54, 1.807) is 0 Å². The summed E-state index contributed by atoms with van der Waals surface area (Å²) in [6.07, 6.45) is 14.0. The molecule has 3 atom stereocenters. The zero-order chi connectivity index (χ0) is 17.2. The summed E-state index contributed by atoms with van der Waals surface area (Å²) in [4.78, 5) is 4.88. The number of aliphatic hydroxyl groups excluding tert-OH is 1. The molecule has 0 saturated carbocycles. The largest absolute Gasteiger partial charge is 0.387 e. The van der Waals surface area contributed by atoms with E-state index in [9.17, 15) is 5.11 Å². The summed E-state index contributed by atoms with van der Waals surface area (Å²) in [6.45, 7) is 0.914. The molecule has 1 aromatic rings. The normalized spacial score (nSPS) is 26.4. The van der Waals surface area contributed by atoms with Gasteiger partial charge in [0, 0.05) is 17.2 Å². The standard InChI is InChI=1S/C21H23BN2O/c22-15-10-8-14(9-11-15)20-13-17(16-5-1-2-6-18(16)24-20)21(25)19-7-3-4-12-23-19/h1-3,6-11,13,16,19,21,23,25H,4-5,12,22H2/t16?,19-,21-/m1/s1. The lowest BCUT2D eigenvalue weighted by atomic mass is 9.80. The molecular weight excluding hydrogens is 307 g/mol. The van der Waals surface area contributed by atoms with Crippen LogP contribution in [0.1, 0.15) is 18.4 Å². The average Bonchev–Trinajstić information content (AvgIpc) is 2.68. The second-order valence-corrected chi connectivity index (χ2v) is 6.96. The molecule has 1 aromatic carbocycles. The Morgan fingerprint density at radius 1 is 1.20 bits per heavy atom. The van der Waals surface area contributed by atoms with Crippen molar-refractivity contribution in [1.82, 2.24) is 5.32 Å². The van der Waals surface area contributed by atoms with Crippen LogP contribution in [0.3, 0.4) is 0 Å². The molecule has 2 N–H and O–H groups in total. The van der Waals surface area contributed by atoms with Crippen LogP contribution < -0.4 is 10.8 Å². The van der Waals surface area contributed by atoms with E-state index < -0.39 is 6.10 Å². The maximum absolute atomic E-state index is 11.1. The van der Waals surface area contributed by atoms with Gasteiger partial charge in [0.2, 0.25) is 0 Å². The van der Waals surface area contributed by atoms with E-state index >= 15 is 0 Å². The van der Waals surface area contributed by atoms with E-state index in [0.29, 0.717) is 0 Å². The van der Waals surface area contributed by atoms with E-state index in [-0.39, 0.29) is 12.0 Å².